The summed E-state index contributed by atoms with van der Waals surface area (Å²) in [5.74, 6) is 0.724. The highest BCUT2D eigenvalue weighted by Crippen LogP contribution is 2.40. The summed E-state index contributed by atoms with van der Waals surface area (Å²) in [6, 6.07) is 5.58. The number of carbonyl (C=O) groups excluding carboxylic acids is 1. The molecule has 0 saturated carbocycles. The molecule has 104 valence electrons. The van der Waals surface area contributed by atoms with E-state index in [0.29, 0.717) is 15.8 Å². The number of hydrogen-bond acceptors (Lipinski definition) is 3. The minimum absolute atomic E-state index is 0.0547. The van der Waals surface area contributed by atoms with Gasteiger partial charge in [0.1, 0.15) is 5.37 Å². The zero-order chi connectivity index (χ0) is 13.8. The summed E-state index contributed by atoms with van der Waals surface area (Å²) in [4.78, 5) is 13.8. The van der Waals surface area contributed by atoms with Gasteiger partial charge in [-0.3, -0.25) is 4.79 Å². The van der Waals surface area contributed by atoms with E-state index in [1.807, 2.05) is 24.1 Å². The minimum Gasteiger partial charge on any atom is -0.326 e. The van der Waals surface area contributed by atoms with Gasteiger partial charge in [0, 0.05) is 6.54 Å². The van der Waals surface area contributed by atoms with Crippen LogP contribution in [0.5, 0.6) is 0 Å². The van der Waals surface area contributed by atoms with Crippen LogP contribution in [0.15, 0.2) is 18.2 Å². The van der Waals surface area contributed by atoms with Gasteiger partial charge < -0.3 is 10.2 Å². The van der Waals surface area contributed by atoms with Crippen molar-refractivity contribution in [3.8, 4) is 0 Å². The van der Waals surface area contributed by atoms with E-state index in [-0.39, 0.29) is 11.3 Å². The zero-order valence-electron chi connectivity index (χ0n) is 10.7. The minimum atomic E-state index is 0.0547. The quantitative estimate of drug-likeness (QED) is 0.846. The van der Waals surface area contributed by atoms with Gasteiger partial charge in [0.25, 0.3) is 0 Å². The Hall–Kier alpha value is -0.420. The summed E-state index contributed by atoms with van der Waals surface area (Å²) < 4.78 is 0. The Kier molecular flexibility index (Phi) is 5.39. The Labute approximate surface area is 127 Å². The average molecular weight is 319 g/mol. The molecule has 1 aliphatic rings. The molecule has 3 nitrogen and oxygen atoms in total. The Morgan fingerprint density at radius 3 is 2.89 bits per heavy atom. The fourth-order valence-electron chi connectivity index (χ4n) is 2.06. The lowest BCUT2D eigenvalue weighted by Crippen LogP contribution is -2.30. The van der Waals surface area contributed by atoms with Gasteiger partial charge in [0.05, 0.1) is 15.8 Å². The first kappa shape index (κ1) is 15.0. The van der Waals surface area contributed by atoms with Crippen molar-refractivity contribution < 1.29 is 4.79 Å². The summed E-state index contributed by atoms with van der Waals surface area (Å²) in [7, 11) is 1.91. The molecule has 1 fully saturated rings. The van der Waals surface area contributed by atoms with Gasteiger partial charge in [0.15, 0.2) is 0 Å². The zero-order valence-corrected chi connectivity index (χ0v) is 13.0. The lowest BCUT2D eigenvalue weighted by molar-refractivity contribution is -0.128. The van der Waals surface area contributed by atoms with E-state index in [9.17, 15) is 4.79 Å². The number of nitrogens with zero attached hydrogens (tertiary/aromatic N) is 1. The number of thioether (sulfide) groups is 1. The molecule has 0 aromatic heterocycles. The van der Waals surface area contributed by atoms with Crippen molar-refractivity contribution in [1.29, 1.82) is 0 Å². The number of rotatable bonds is 5. The van der Waals surface area contributed by atoms with Gasteiger partial charge in [-0.25, -0.2) is 0 Å². The molecule has 19 heavy (non-hydrogen) atoms. The van der Waals surface area contributed by atoms with E-state index in [1.54, 1.807) is 17.8 Å². The van der Waals surface area contributed by atoms with Crippen molar-refractivity contribution in [2.24, 2.45) is 0 Å². The maximum Gasteiger partial charge on any atom is 0.233 e. The van der Waals surface area contributed by atoms with Crippen LogP contribution in [0.1, 0.15) is 17.4 Å². The first-order valence-electron chi connectivity index (χ1n) is 6.14. The molecule has 1 saturated heterocycles. The van der Waals surface area contributed by atoms with E-state index in [4.69, 9.17) is 23.2 Å². The smallest absolute Gasteiger partial charge is 0.233 e. The highest BCUT2D eigenvalue weighted by molar-refractivity contribution is 8.00. The number of nitrogens with one attached hydrogen (secondary N) is 1. The van der Waals surface area contributed by atoms with E-state index in [0.717, 1.165) is 25.1 Å². The number of halogens is 2. The highest BCUT2D eigenvalue weighted by Gasteiger charge is 2.32. The van der Waals surface area contributed by atoms with E-state index >= 15 is 0 Å². The standard InChI is InChI=1S/C13H16Cl2N2OS/c1-16-5-2-6-17-12(18)8-19-13(17)9-3-4-10(14)11(15)7-9/h3-4,7,13,16H,2,5-6,8H2,1H3. The predicted octanol–water partition coefficient (Wildman–Crippen LogP) is 3.18. The van der Waals surface area contributed by atoms with Crippen LogP contribution >= 0.6 is 35.0 Å². The molecule has 0 radical (unpaired) electrons. The van der Waals surface area contributed by atoms with Crippen LogP contribution < -0.4 is 5.32 Å². The number of benzene rings is 1. The molecule has 1 aromatic rings. The molecule has 1 amide bonds. The van der Waals surface area contributed by atoms with E-state index < -0.39 is 0 Å². The van der Waals surface area contributed by atoms with Crippen LogP contribution in [-0.2, 0) is 4.79 Å². The maximum atomic E-state index is 11.9. The van der Waals surface area contributed by atoms with Crippen molar-refractivity contribution >= 4 is 40.9 Å². The number of hydrogen-bond donors (Lipinski definition) is 1. The third kappa shape index (κ3) is 3.57. The molecule has 0 spiro atoms. The summed E-state index contributed by atoms with van der Waals surface area (Å²) in [6.07, 6.45) is 0.945. The maximum absolute atomic E-state index is 11.9. The molecule has 1 N–H and O–H groups in total. The van der Waals surface area contributed by atoms with Gasteiger partial charge >= 0.3 is 0 Å². The second kappa shape index (κ2) is 6.84. The van der Waals surface area contributed by atoms with Crippen LogP contribution in [0, 0.1) is 0 Å². The monoisotopic (exact) mass is 318 g/mol. The molecule has 6 heteroatoms. The Morgan fingerprint density at radius 2 is 2.21 bits per heavy atom. The van der Waals surface area contributed by atoms with Crippen LogP contribution in [0.3, 0.4) is 0 Å². The Bertz CT molecular complexity index is 470. The van der Waals surface area contributed by atoms with Crippen LogP contribution in [0.2, 0.25) is 10.0 Å². The predicted molar refractivity (Wildman–Crippen MR) is 81.9 cm³/mol. The fraction of sp³-hybridized carbons (Fsp3) is 0.462. The van der Waals surface area contributed by atoms with Crippen molar-refractivity contribution in [3.05, 3.63) is 33.8 Å². The molecule has 1 heterocycles. The van der Waals surface area contributed by atoms with Gasteiger partial charge in [-0.2, -0.15) is 0 Å². The first-order valence-corrected chi connectivity index (χ1v) is 7.94. The number of amides is 1. The normalized spacial score (nSPS) is 19.2. The molecular formula is C13H16Cl2N2OS. The van der Waals surface area contributed by atoms with Gasteiger partial charge in [0.2, 0.25) is 5.91 Å². The molecule has 1 aliphatic heterocycles. The Morgan fingerprint density at radius 1 is 1.42 bits per heavy atom. The molecular weight excluding hydrogens is 303 g/mol. The van der Waals surface area contributed by atoms with Crippen LogP contribution in [-0.4, -0.2) is 36.7 Å². The molecule has 0 aliphatic carbocycles. The summed E-state index contributed by atoms with van der Waals surface area (Å²) in [5, 5.41) is 4.23. The van der Waals surface area contributed by atoms with Gasteiger partial charge in [-0.15, -0.1) is 11.8 Å². The molecule has 1 unspecified atom stereocenters. The first-order chi connectivity index (χ1) is 9.13. The van der Waals surface area contributed by atoms with Crippen LogP contribution in [0.25, 0.3) is 0 Å². The molecule has 1 aromatic carbocycles. The average Bonchev–Trinajstić information content (AvgIpc) is 2.75. The lowest BCUT2D eigenvalue weighted by atomic mass is 10.2. The van der Waals surface area contributed by atoms with E-state index in [2.05, 4.69) is 5.32 Å². The van der Waals surface area contributed by atoms with Crippen molar-refractivity contribution in [2.45, 2.75) is 11.8 Å². The lowest BCUT2D eigenvalue weighted by Gasteiger charge is -2.24. The Balaban J connectivity index is 2.12. The summed E-state index contributed by atoms with van der Waals surface area (Å²) >= 11 is 13.6. The van der Waals surface area contributed by atoms with Crippen molar-refractivity contribution in [3.63, 3.8) is 0 Å². The molecule has 0 bridgehead atoms. The topological polar surface area (TPSA) is 32.3 Å². The highest BCUT2D eigenvalue weighted by atomic mass is 35.5. The third-order valence-corrected chi connectivity index (χ3v) is 5.02. The van der Waals surface area contributed by atoms with Gasteiger partial charge in [-0.05, 0) is 37.7 Å². The summed E-state index contributed by atoms with van der Waals surface area (Å²) in [6.45, 7) is 1.67. The number of carbonyl (C=O) groups is 1. The molecule has 2 rings (SSSR count). The van der Waals surface area contributed by atoms with Crippen LogP contribution in [0.4, 0.5) is 0 Å². The summed E-state index contributed by atoms with van der Waals surface area (Å²) in [5.41, 5.74) is 1.04. The largest absolute Gasteiger partial charge is 0.326 e. The fourth-order valence-corrected chi connectivity index (χ4v) is 3.58. The van der Waals surface area contributed by atoms with E-state index in [1.165, 1.54) is 0 Å². The third-order valence-electron chi connectivity index (χ3n) is 3.02. The van der Waals surface area contributed by atoms with Crippen molar-refractivity contribution in [1.82, 2.24) is 10.2 Å². The SMILES string of the molecule is CNCCCN1C(=O)CSC1c1ccc(Cl)c(Cl)c1. The second-order valence-corrected chi connectivity index (χ2v) is 6.26. The second-order valence-electron chi connectivity index (χ2n) is 4.38. The molecule has 1 atom stereocenters. The van der Waals surface area contributed by atoms with Gasteiger partial charge in [-0.1, -0.05) is 29.3 Å². The van der Waals surface area contributed by atoms with Crippen molar-refractivity contribution in [2.75, 3.05) is 25.9 Å².